The van der Waals surface area contributed by atoms with Crippen molar-refractivity contribution in [2.24, 2.45) is 5.41 Å². The molecule has 2 aliphatic rings. The minimum atomic E-state index is -0.913. The third kappa shape index (κ3) is 4.90. The van der Waals surface area contributed by atoms with Crippen LogP contribution in [0.2, 0.25) is 10.0 Å². The van der Waals surface area contributed by atoms with Gasteiger partial charge in [-0.1, -0.05) is 23.2 Å². The van der Waals surface area contributed by atoms with Gasteiger partial charge >= 0.3 is 0 Å². The second-order valence-corrected chi connectivity index (χ2v) is 11.6. The van der Waals surface area contributed by atoms with Gasteiger partial charge in [0.25, 0.3) is 0 Å². The third-order valence-electron chi connectivity index (χ3n) is 6.78. The first-order valence-electron chi connectivity index (χ1n) is 11.5. The monoisotopic (exact) mass is 562 g/mol. The molecule has 0 saturated carbocycles. The summed E-state index contributed by atoms with van der Waals surface area (Å²) in [5.41, 5.74) is 8.36. The zero-order valence-electron chi connectivity index (χ0n) is 20.2. The van der Waals surface area contributed by atoms with Crippen LogP contribution in [0, 0.1) is 16.8 Å². The molecular weight excluding hydrogens is 538 g/mol. The van der Waals surface area contributed by atoms with E-state index in [1.807, 2.05) is 16.4 Å². The fourth-order valence-corrected chi connectivity index (χ4v) is 6.36. The number of ether oxygens (including phenoxy) is 1. The Morgan fingerprint density at radius 1 is 1.19 bits per heavy atom. The molecule has 2 aromatic heterocycles. The number of pyridine rings is 2. The lowest BCUT2D eigenvalue weighted by molar-refractivity contribution is 0.0434. The Morgan fingerprint density at radius 2 is 1.92 bits per heavy atom. The first kappa shape index (κ1) is 25.8. The minimum absolute atomic E-state index is 0.191. The molecule has 4 heterocycles. The summed E-state index contributed by atoms with van der Waals surface area (Å²) in [6.07, 6.45) is 3.88. The van der Waals surface area contributed by atoms with Crippen molar-refractivity contribution in [3.8, 4) is 5.75 Å². The minimum Gasteiger partial charge on any atom is -0.486 e. The van der Waals surface area contributed by atoms with E-state index in [4.69, 9.17) is 39.1 Å². The molecule has 2 atom stereocenters. The number of aromatic nitrogens is 2. The summed E-state index contributed by atoms with van der Waals surface area (Å²) >= 11 is 12.2. The summed E-state index contributed by atoms with van der Waals surface area (Å²) in [7, 11) is -0.913. The predicted molar refractivity (Wildman–Crippen MR) is 145 cm³/mol. The van der Waals surface area contributed by atoms with Crippen LogP contribution >= 0.6 is 23.2 Å². The number of hydrogen-bond donors (Lipinski definition) is 2. The van der Waals surface area contributed by atoms with Crippen molar-refractivity contribution in [1.82, 2.24) is 14.3 Å². The summed E-state index contributed by atoms with van der Waals surface area (Å²) in [5.74, 6) is 0.437. The van der Waals surface area contributed by atoms with Gasteiger partial charge in [0.05, 0.1) is 21.7 Å². The summed E-state index contributed by atoms with van der Waals surface area (Å²) in [5, 5.41) is 8.72. The molecule has 2 saturated heterocycles. The summed E-state index contributed by atoms with van der Waals surface area (Å²) in [6, 6.07) is 8.71. The van der Waals surface area contributed by atoms with Crippen LogP contribution in [0.1, 0.15) is 29.7 Å². The van der Waals surface area contributed by atoms with E-state index in [1.54, 1.807) is 37.6 Å². The first-order valence-corrected chi connectivity index (χ1v) is 13.8. The Labute approximate surface area is 226 Å². The molecular formula is C25H25Cl2FN6O2S. The number of nitrogen functional groups attached to an aromatic ring is 1. The van der Waals surface area contributed by atoms with E-state index in [9.17, 15) is 8.60 Å². The molecule has 1 aromatic carbocycles. The van der Waals surface area contributed by atoms with Gasteiger partial charge in [-0.2, -0.15) is 4.39 Å². The molecule has 1 unspecified atom stereocenters. The Morgan fingerprint density at radius 3 is 2.57 bits per heavy atom. The highest BCUT2D eigenvalue weighted by molar-refractivity contribution is 7.81. The largest absolute Gasteiger partial charge is 0.486 e. The van der Waals surface area contributed by atoms with Crippen LogP contribution in [0.5, 0.6) is 5.75 Å². The van der Waals surface area contributed by atoms with E-state index in [-0.39, 0.29) is 26.7 Å². The van der Waals surface area contributed by atoms with Crippen molar-refractivity contribution in [3.05, 3.63) is 75.4 Å². The van der Waals surface area contributed by atoms with Gasteiger partial charge in [0.15, 0.2) is 0 Å². The van der Waals surface area contributed by atoms with Gasteiger partial charge in [0, 0.05) is 72.6 Å². The number of benzene rings is 1. The van der Waals surface area contributed by atoms with Crippen LogP contribution in [-0.4, -0.2) is 56.6 Å². The molecule has 1 spiro atoms. The van der Waals surface area contributed by atoms with E-state index in [1.165, 1.54) is 6.20 Å². The van der Waals surface area contributed by atoms with E-state index in [2.05, 4.69) is 14.9 Å². The summed E-state index contributed by atoms with van der Waals surface area (Å²) in [4.78, 5) is 10.3. The van der Waals surface area contributed by atoms with Crippen LogP contribution < -0.4 is 15.4 Å². The van der Waals surface area contributed by atoms with E-state index in [0.29, 0.717) is 22.6 Å². The van der Waals surface area contributed by atoms with Gasteiger partial charge in [-0.15, -0.1) is 0 Å². The average molecular weight is 563 g/mol. The molecule has 12 heteroatoms. The fourth-order valence-electron chi connectivity index (χ4n) is 4.80. The lowest BCUT2D eigenvalue weighted by atomic mass is 9.74. The molecule has 8 nitrogen and oxygen atoms in total. The first-order chi connectivity index (χ1) is 17.6. The number of hydrogen-bond acceptors (Lipinski definition) is 7. The van der Waals surface area contributed by atoms with Crippen LogP contribution in [0.3, 0.4) is 0 Å². The van der Waals surface area contributed by atoms with Gasteiger partial charge in [0.1, 0.15) is 22.7 Å². The zero-order valence-corrected chi connectivity index (χ0v) is 22.5. The molecule has 3 aromatic rings. The van der Waals surface area contributed by atoms with E-state index < -0.39 is 23.0 Å². The van der Waals surface area contributed by atoms with Crippen molar-refractivity contribution in [3.63, 3.8) is 0 Å². The molecule has 2 aliphatic heterocycles. The van der Waals surface area contributed by atoms with Gasteiger partial charge < -0.3 is 15.4 Å². The number of anilines is 2. The Hall–Kier alpha value is -2.79. The number of rotatable bonds is 7. The Bertz CT molecular complexity index is 1390. The van der Waals surface area contributed by atoms with Gasteiger partial charge in [-0.05, 0) is 37.3 Å². The number of nitrogens with two attached hydrogens (primary N) is 1. The second-order valence-electron chi connectivity index (χ2n) is 9.49. The quantitative estimate of drug-likeness (QED) is 0.250. The van der Waals surface area contributed by atoms with Crippen molar-refractivity contribution in [1.29, 1.82) is 5.41 Å². The van der Waals surface area contributed by atoms with Crippen molar-refractivity contribution < 1.29 is 13.3 Å². The molecule has 194 valence electrons. The Kier molecular flexibility index (Phi) is 6.86. The fraction of sp³-hybridized carbons (Fsp3) is 0.320. The van der Waals surface area contributed by atoms with Crippen molar-refractivity contribution >= 4 is 51.4 Å². The smallest absolute Gasteiger partial charge is 0.232 e. The highest BCUT2D eigenvalue weighted by Gasteiger charge is 2.53. The van der Waals surface area contributed by atoms with Gasteiger partial charge in [0.2, 0.25) is 5.95 Å². The highest BCUT2D eigenvalue weighted by atomic mass is 35.5. The maximum absolute atomic E-state index is 13.9. The van der Waals surface area contributed by atoms with Crippen LogP contribution in [0.25, 0.3) is 0 Å². The highest BCUT2D eigenvalue weighted by Crippen LogP contribution is 2.42. The molecule has 37 heavy (non-hydrogen) atoms. The summed E-state index contributed by atoms with van der Waals surface area (Å²) in [6.45, 7) is 5.15. The van der Waals surface area contributed by atoms with Crippen molar-refractivity contribution in [2.45, 2.75) is 13.0 Å². The maximum atomic E-state index is 13.9. The Balaban J connectivity index is 1.27. The van der Waals surface area contributed by atoms with E-state index in [0.717, 1.165) is 32.0 Å². The number of nitrogens with zero attached hydrogens (tertiary/aromatic N) is 4. The van der Waals surface area contributed by atoms with Crippen LogP contribution in [0.15, 0.2) is 42.7 Å². The standard InChI is InChI=1S/C25H25Cl2FN6O2S/c1-14(21-18(26)9-32-24(28)22(21)27)36-16-4-5-19(29)17(7-16)23(30)15-3-6-20(31-8-15)33-10-25(11-33)12-34(13-25)37(2)35/h3-9,14,30H,10-13,29H2,1-2H3/t14-,37?/m0/s1. The lowest BCUT2D eigenvalue weighted by Crippen LogP contribution is -2.72. The normalized spacial score (nSPS) is 18.1. The number of halogens is 3. The SMILES string of the molecule is C[C@H](Oc1ccc(N)c(C(=N)c2ccc(N3CC4(C3)CN(S(C)=O)C4)nc2)c1)c1c(Cl)cnc(F)c1Cl. The molecule has 5 rings (SSSR count). The lowest BCUT2D eigenvalue weighted by Gasteiger charge is -2.59. The van der Waals surface area contributed by atoms with E-state index >= 15 is 0 Å². The molecule has 2 fully saturated rings. The molecule has 0 amide bonds. The summed E-state index contributed by atoms with van der Waals surface area (Å²) < 4.78 is 33.4. The van der Waals surface area contributed by atoms with Gasteiger partial charge in [-0.3, -0.25) is 5.41 Å². The average Bonchev–Trinajstić information content (AvgIpc) is 2.81. The zero-order chi connectivity index (χ0) is 26.5. The molecule has 0 radical (unpaired) electrons. The van der Waals surface area contributed by atoms with Gasteiger partial charge in [-0.25, -0.2) is 18.5 Å². The van der Waals surface area contributed by atoms with Crippen LogP contribution in [-0.2, 0) is 11.0 Å². The van der Waals surface area contributed by atoms with Crippen LogP contribution in [0.4, 0.5) is 15.9 Å². The molecule has 3 N–H and O–H groups in total. The number of nitrogens with one attached hydrogen (secondary N) is 1. The third-order valence-corrected chi connectivity index (χ3v) is 8.43. The van der Waals surface area contributed by atoms with Crippen molar-refractivity contribution in [2.75, 3.05) is 43.1 Å². The molecule has 0 aliphatic carbocycles. The predicted octanol–water partition coefficient (Wildman–Crippen LogP) is 4.48. The second kappa shape index (κ2) is 9.83. The maximum Gasteiger partial charge on any atom is 0.232 e. The molecule has 0 bridgehead atoms. The topological polar surface area (TPSA) is 108 Å².